The van der Waals surface area contributed by atoms with Crippen LogP contribution in [0.5, 0.6) is 5.75 Å². The van der Waals surface area contributed by atoms with Crippen molar-refractivity contribution in [2.75, 3.05) is 11.8 Å². The number of aliphatic carboxylic acids is 1. The predicted octanol–water partition coefficient (Wildman–Crippen LogP) is 1.56. The van der Waals surface area contributed by atoms with Crippen molar-refractivity contribution in [2.45, 2.75) is 24.8 Å². The average molecular weight is 353 g/mol. The van der Waals surface area contributed by atoms with Gasteiger partial charge >= 0.3 is 5.97 Å². The van der Waals surface area contributed by atoms with Crippen LogP contribution in [0, 0.1) is 6.92 Å². The van der Waals surface area contributed by atoms with Crippen LogP contribution in [0.1, 0.15) is 17.5 Å². The van der Waals surface area contributed by atoms with E-state index in [1.807, 2.05) is 0 Å². The number of ether oxygens (including phenoxy) is 1. The predicted molar refractivity (Wildman–Crippen MR) is 87.7 cm³/mol. The van der Waals surface area contributed by atoms with Crippen LogP contribution < -0.4 is 9.46 Å². The standard InChI is InChI=1S/C15H19N3O5S/c1-10-9-16-18(2)15(10)24(21,22)17-12-8-11(5-7-14(19)20)4-6-13(12)23-3/h4,6,8-9,17H,5,7H2,1-3H3,(H,19,20). The Morgan fingerprint density at radius 3 is 2.67 bits per heavy atom. The molecule has 1 heterocycles. The molecule has 0 radical (unpaired) electrons. The molecule has 0 amide bonds. The number of hydrogen-bond acceptors (Lipinski definition) is 5. The first-order chi connectivity index (χ1) is 11.2. The molecule has 0 spiro atoms. The second kappa shape index (κ2) is 6.91. The van der Waals surface area contributed by atoms with Crippen molar-refractivity contribution < 1.29 is 23.1 Å². The lowest BCUT2D eigenvalue weighted by atomic mass is 10.1. The highest BCUT2D eigenvalue weighted by atomic mass is 32.2. The molecule has 0 aliphatic heterocycles. The number of carboxylic acids is 1. The Bertz CT molecular complexity index is 838. The van der Waals surface area contributed by atoms with Crippen LogP contribution in [0.25, 0.3) is 0 Å². The van der Waals surface area contributed by atoms with Gasteiger partial charge in [-0.3, -0.25) is 14.2 Å². The van der Waals surface area contributed by atoms with Gasteiger partial charge in [-0.1, -0.05) is 6.07 Å². The van der Waals surface area contributed by atoms with E-state index >= 15 is 0 Å². The topological polar surface area (TPSA) is 111 Å². The van der Waals surface area contributed by atoms with Crippen molar-refractivity contribution in [1.82, 2.24) is 9.78 Å². The smallest absolute Gasteiger partial charge is 0.303 e. The molecule has 2 aromatic rings. The summed E-state index contributed by atoms with van der Waals surface area (Å²) in [6.45, 7) is 1.65. The van der Waals surface area contributed by atoms with Gasteiger partial charge < -0.3 is 9.84 Å². The molecule has 0 atom stereocenters. The van der Waals surface area contributed by atoms with Gasteiger partial charge in [0.1, 0.15) is 5.75 Å². The number of aryl methyl sites for hydroxylation is 3. The maximum absolute atomic E-state index is 12.6. The normalized spacial score (nSPS) is 11.3. The highest BCUT2D eigenvalue weighted by molar-refractivity contribution is 7.92. The van der Waals surface area contributed by atoms with Gasteiger partial charge in [0.25, 0.3) is 10.0 Å². The lowest BCUT2D eigenvalue weighted by Crippen LogP contribution is -2.18. The van der Waals surface area contributed by atoms with E-state index in [1.54, 1.807) is 32.2 Å². The van der Waals surface area contributed by atoms with Crippen LogP contribution in [-0.4, -0.2) is 36.4 Å². The number of benzene rings is 1. The molecule has 0 aliphatic rings. The zero-order valence-electron chi connectivity index (χ0n) is 13.6. The number of rotatable bonds is 7. The van der Waals surface area contributed by atoms with Gasteiger partial charge in [-0.25, -0.2) is 0 Å². The van der Waals surface area contributed by atoms with Crippen LogP contribution >= 0.6 is 0 Å². The van der Waals surface area contributed by atoms with Gasteiger partial charge in [0.05, 0.1) is 19.0 Å². The summed E-state index contributed by atoms with van der Waals surface area (Å²) in [5.41, 5.74) is 1.46. The molecule has 130 valence electrons. The lowest BCUT2D eigenvalue weighted by Gasteiger charge is -2.14. The van der Waals surface area contributed by atoms with Crippen molar-refractivity contribution in [3.8, 4) is 5.75 Å². The monoisotopic (exact) mass is 353 g/mol. The molecular weight excluding hydrogens is 334 g/mol. The lowest BCUT2D eigenvalue weighted by molar-refractivity contribution is -0.136. The average Bonchev–Trinajstić information content (AvgIpc) is 2.84. The zero-order chi connectivity index (χ0) is 17.9. The minimum absolute atomic E-state index is 0.0423. The third-order valence-electron chi connectivity index (χ3n) is 3.45. The second-order valence-electron chi connectivity index (χ2n) is 5.29. The molecule has 2 rings (SSSR count). The van der Waals surface area contributed by atoms with E-state index < -0.39 is 16.0 Å². The van der Waals surface area contributed by atoms with E-state index in [0.29, 0.717) is 23.3 Å². The summed E-state index contributed by atoms with van der Waals surface area (Å²) in [6, 6.07) is 4.88. The Balaban J connectivity index is 2.36. The molecular formula is C15H19N3O5S. The first kappa shape index (κ1) is 17.8. The van der Waals surface area contributed by atoms with Crippen LogP contribution in [0.4, 0.5) is 5.69 Å². The highest BCUT2D eigenvalue weighted by Gasteiger charge is 2.23. The number of aromatic nitrogens is 2. The van der Waals surface area contributed by atoms with Crippen LogP contribution in [0.15, 0.2) is 29.4 Å². The summed E-state index contributed by atoms with van der Waals surface area (Å²) < 4.78 is 34.2. The van der Waals surface area contributed by atoms with E-state index in [9.17, 15) is 13.2 Å². The van der Waals surface area contributed by atoms with E-state index in [2.05, 4.69) is 9.82 Å². The number of methoxy groups -OCH3 is 1. The minimum atomic E-state index is -3.86. The quantitative estimate of drug-likeness (QED) is 0.781. The van der Waals surface area contributed by atoms with Gasteiger partial charge in [0.2, 0.25) is 0 Å². The molecule has 9 heteroatoms. The number of nitrogens with one attached hydrogen (secondary N) is 1. The summed E-state index contributed by atoms with van der Waals surface area (Å²) >= 11 is 0. The fourth-order valence-corrected chi connectivity index (χ4v) is 3.77. The molecule has 1 aromatic heterocycles. The van der Waals surface area contributed by atoms with Crippen molar-refractivity contribution in [2.24, 2.45) is 7.05 Å². The molecule has 0 bridgehead atoms. The molecule has 0 fully saturated rings. The highest BCUT2D eigenvalue weighted by Crippen LogP contribution is 2.29. The fourth-order valence-electron chi connectivity index (χ4n) is 2.36. The Labute approximate surface area is 140 Å². The van der Waals surface area contributed by atoms with Gasteiger partial charge in [0, 0.05) is 19.0 Å². The number of carbonyl (C=O) groups is 1. The molecule has 24 heavy (non-hydrogen) atoms. The van der Waals surface area contributed by atoms with Crippen molar-refractivity contribution in [1.29, 1.82) is 0 Å². The van der Waals surface area contributed by atoms with E-state index in [1.165, 1.54) is 18.0 Å². The van der Waals surface area contributed by atoms with Gasteiger partial charge in [-0.2, -0.15) is 13.5 Å². The Morgan fingerprint density at radius 1 is 1.42 bits per heavy atom. The minimum Gasteiger partial charge on any atom is -0.495 e. The number of carboxylic acid groups (broad SMARTS) is 1. The Morgan fingerprint density at radius 2 is 2.12 bits per heavy atom. The Hall–Kier alpha value is -2.55. The molecule has 0 aliphatic carbocycles. The van der Waals surface area contributed by atoms with E-state index in [0.717, 1.165) is 0 Å². The van der Waals surface area contributed by atoms with Crippen molar-refractivity contribution in [3.05, 3.63) is 35.5 Å². The van der Waals surface area contributed by atoms with E-state index in [4.69, 9.17) is 9.84 Å². The molecule has 1 aromatic carbocycles. The van der Waals surface area contributed by atoms with Crippen LogP contribution in [-0.2, 0) is 28.3 Å². The zero-order valence-corrected chi connectivity index (χ0v) is 14.4. The number of hydrogen-bond donors (Lipinski definition) is 2. The number of nitrogens with zero attached hydrogens (tertiary/aromatic N) is 2. The van der Waals surface area contributed by atoms with Gasteiger partial charge in [-0.15, -0.1) is 0 Å². The second-order valence-corrected chi connectivity index (χ2v) is 6.89. The summed E-state index contributed by atoms with van der Waals surface area (Å²) in [5.74, 6) is -0.573. The third kappa shape index (κ3) is 3.85. The summed E-state index contributed by atoms with van der Waals surface area (Å²) in [5, 5.41) is 12.8. The SMILES string of the molecule is COc1ccc(CCC(=O)O)cc1NS(=O)(=O)c1c(C)cnn1C. The van der Waals surface area contributed by atoms with Gasteiger partial charge in [-0.05, 0) is 31.0 Å². The molecule has 0 saturated carbocycles. The summed E-state index contributed by atoms with van der Waals surface area (Å²) in [6.07, 6.45) is 1.72. The summed E-state index contributed by atoms with van der Waals surface area (Å²) in [7, 11) is -0.884. The number of sulfonamides is 1. The molecule has 8 nitrogen and oxygen atoms in total. The maximum atomic E-state index is 12.6. The van der Waals surface area contributed by atoms with Crippen LogP contribution in [0.3, 0.4) is 0 Å². The fraction of sp³-hybridized carbons (Fsp3) is 0.333. The largest absolute Gasteiger partial charge is 0.495 e. The summed E-state index contributed by atoms with van der Waals surface area (Å²) in [4.78, 5) is 10.7. The van der Waals surface area contributed by atoms with Gasteiger partial charge in [0.15, 0.2) is 5.03 Å². The first-order valence-electron chi connectivity index (χ1n) is 7.14. The van der Waals surface area contributed by atoms with Crippen molar-refractivity contribution in [3.63, 3.8) is 0 Å². The third-order valence-corrected chi connectivity index (χ3v) is 5.03. The maximum Gasteiger partial charge on any atom is 0.303 e. The molecule has 0 saturated heterocycles. The molecule has 0 unspecified atom stereocenters. The molecule has 2 N–H and O–H groups in total. The Kier molecular flexibility index (Phi) is 5.13. The van der Waals surface area contributed by atoms with E-state index in [-0.39, 0.29) is 17.1 Å². The number of anilines is 1. The van der Waals surface area contributed by atoms with Crippen LogP contribution in [0.2, 0.25) is 0 Å². The van der Waals surface area contributed by atoms with Crippen molar-refractivity contribution >= 4 is 21.7 Å². The first-order valence-corrected chi connectivity index (χ1v) is 8.63.